The van der Waals surface area contributed by atoms with Crippen LogP contribution >= 0.6 is 0 Å². The first-order chi connectivity index (χ1) is 13.3. The van der Waals surface area contributed by atoms with Gasteiger partial charge in [0.05, 0.1) is 17.1 Å². The highest BCUT2D eigenvalue weighted by Crippen LogP contribution is 2.45. The number of benzene rings is 3. The largest absolute Gasteiger partial charge is 0.489 e. The van der Waals surface area contributed by atoms with Crippen molar-refractivity contribution in [2.24, 2.45) is 0 Å². The van der Waals surface area contributed by atoms with E-state index in [1.807, 2.05) is 18.2 Å². The van der Waals surface area contributed by atoms with Crippen LogP contribution in [-0.4, -0.2) is 17.8 Å². The Bertz CT molecular complexity index is 1200. The first-order valence-electron chi connectivity index (χ1n) is 9.02. The van der Waals surface area contributed by atoms with E-state index in [-0.39, 0.29) is 12.6 Å². The molecule has 0 N–H and O–H groups in total. The molecule has 0 saturated carbocycles. The molecule has 1 unspecified atom stereocenters. The molecule has 5 rings (SSSR count). The SMILES string of the molecule is Cc1cc2c3c(c1)c1c(OCC#N)cccc1n3C(c1ccccc1)CO2. The van der Waals surface area contributed by atoms with Gasteiger partial charge in [0.15, 0.2) is 6.61 Å². The third-order valence-corrected chi connectivity index (χ3v) is 5.18. The van der Waals surface area contributed by atoms with Gasteiger partial charge in [-0.3, -0.25) is 0 Å². The third-order valence-electron chi connectivity index (χ3n) is 5.18. The van der Waals surface area contributed by atoms with Crippen molar-refractivity contribution in [3.8, 4) is 17.6 Å². The number of rotatable bonds is 3. The van der Waals surface area contributed by atoms with Crippen LogP contribution in [0.3, 0.4) is 0 Å². The number of hydrogen-bond donors (Lipinski definition) is 0. The molecule has 1 aliphatic rings. The lowest BCUT2D eigenvalue weighted by Crippen LogP contribution is -2.22. The number of nitrogens with zero attached hydrogens (tertiary/aromatic N) is 2. The topological polar surface area (TPSA) is 47.2 Å². The summed E-state index contributed by atoms with van der Waals surface area (Å²) in [5, 5.41) is 11.1. The fourth-order valence-corrected chi connectivity index (χ4v) is 4.12. The molecule has 27 heavy (non-hydrogen) atoms. The zero-order valence-electron chi connectivity index (χ0n) is 15.0. The van der Waals surface area contributed by atoms with E-state index >= 15 is 0 Å². The Hall–Kier alpha value is -3.45. The predicted molar refractivity (Wildman–Crippen MR) is 105 cm³/mol. The van der Waals surface area contributed by atoms with E-state index < -0.39 is 0 Å². The van der Waals surface area contributed by atoms with Crippen LogP contribution in [0.5, 0.6) is 11.5 Å². The molecular weight excluding hydrogens is 336 g/mol. The molecule has 0 saturated heterocycles. The van der Waals surface area contributed by atoms with Gasteiger partial charge in [-0.05, 0) is 42.3 Å². The van der Waals surface area contributed by atoms with Gasteiger partial charge in [-0.1, -0.05) is 36.4 Å². The number of aromatic nitrogens is 1. The number of aryl methyl sites for hydroxylation is 1. The average molecular weight is 354 g/mol. The molecular formula is C23H18N2O2. The number of nitriles is 1. The minimum absolute atomic E-state index is 0.0308. The summed E-state index contributed by atoms with van der Waals surface area (Å²) >= 11 is 0. The second-order valence-corrected chi connectivity index (χ2v) is 6.86. The molecule has 3 aromatic carbocycles. The summed E-state index contributed by atoms with van der Waals surface area (Å²) in [5.74, 6) is 1.64. The summed E-state index contributed by atoms with van der Waals surface area (Å²) in [4.78, 5) is 0. The van der Waals surface area contributed by atoms with Gasteiger partial charge >= 0.3 is 0 Å². The Kier molecular flexibility index (Phi) is 3.54. The number of hydrogen-bond acceptors (Lipinski definition) is 3. The standard InChI is InChI=1S/C23H18N2O2/c1-15-12-17-22-18(8-5-9-20(22)26-11-10-24)25-19(16-6-3-2-4-7-16)14-27-21(13-15)23(17)25/h2-9,12-13,19H,11,14H2,1H3. The highest BCUT2D eigenvalue weighted by atomic mass is 16.5. The predicted octanol–water partition coefficient (Wildman–Crippen LogP) is 4.99. The zero-order valence-corrected chi connectivity index (χ0v) is 15.0. The Balaban J connectivity index is 1.88. The van der Waals surface area contributed by atoms with Gasteiger partial charge in [0.1, 0.15) is 24.2 Å². The van der Waals surface area contributed by atoms with Crippen LogP contribution in [0.2, 0.25) is 0 Å². The van der Waals surface area contributed by atoms with Gasteiger partial charge in [0.2, 0.25) is 0 Å². The summed E-state index contributed by atoms with van der Waals surface area (Å²) in [5.41, 5.74) is 4.55. The fraction of sp³-hybridized carbons (Fsp3) is 0.174. The van der Waals surface area contributed by atoms with Crippen LogP contribution in [0.4, 0.5) is 0 Å². The van der Waals surface area contributed by atoms with E-state index in [0.29, 0.717) is 6.61 Å². The first-order valence-corrected chi connectivity index (χ1v) is 9.02. The first kappa shape index (κ1) is 15.8. The number of ether oxygens (including phenoxy) is 2. The van der Waals surface area contributed by atoms with Crippen LogP contribution in [0.1, 0.15) is 17.2 Å². The molecule has 0 bridgehead atoms. The van der Waals surface area contributed by atoms with Crippen molar-refractivity contribution in [2.45, 2.75) is 13.0 Å². The van der Waals surface area contributed by atoms with Crippen LogP contribution < -0.4 is 9.47 Å². The highest BCUT2D eigenvalue weighted by molar-refractivity contribution is 6.13. The number of fused-ring (bicyclic) bond motifs is 3. The van der Waals surface area contributed by atoms with Gasteiger partial charge in [0.25, 0.3) is 0 Å². The van der Waals surface area contributed by atoms with Crippen molar-refractivity contribution in [1.29, 1.82) is 5.26 Å². The molecule has 132 valence electrons. The molecule has 4 aromatic rings. The molecule has 1 atom stereocenters. The van der Waals surface area contributed by atoms with Crippen molar-refractivity contribution in [3.05, 3.63) is 71.8 Å². The van der Waals surface area contributed by atoms with Gasteiger partial charge in [0, 0.05) is 10.8 Å². The van der Waals surface area contributed by atoms with Crippen molar-refractivity contribution in [1.82, 2.24) is 4.57 Å². The lowest BCUT2D eigenvalue weighted by Gasteiger charge is -2.27. The van der Waals surface area contributed by atoms with Gasteiger partial charge in [-0.15, -0.1) is 0 Å². The van der Waals surface area contributed by atoms with Crippen LogP contribution in [0.25, 0.3) is 21.8 Å². The highest BCUT2D eigenvalue weighted by Gasteiger charge is 2.28. The average Bonchev–Trinajstić information content (AvgIpc) is 3.03. The van der Waals surface area contributed by atoms with E-state index in [2.05, 4.69) is 60.0 Å². The quantitative estimate of drug-likeness (QED) is 0.521. The van der Waals surface area contributed by atoms with E-state index in [1.165, 1.54) is 5.56 Å². The smallest absolute Gasteiger partial charge is 0.174 e. The Morgan fingerprint density at radius 3 is 2.81 bits per heavy atom. The molecule has 1 aromatic heterocycles. The lowest BCUT2D eigenvalue weighted by molar-refractivity contribution is 0.262. The summed E-state index contributed by atoms with van der Waals surface area (Å²) in [6.07, 6.45) is 0. The summed E-state index contributed by atoms with van der Waals surface area (Å²) in [6.45, 7) is 2.69. The summed E-state index contributed by atoms with van der Waals surface area (Å²) in [6, 6.07) is 22.9. The lowest BCUT2D eigenvalue weighted by atomic mass is 10.1. The van der Waals surface area contributed by atoms with E-state index in [9.17, 15) is 0 Å². The van der Waals surface area contributed by atoms with Crippen LogP contribution in [-0.2, 0) is 0 Å². The van der Waals surface area contributed by atoms with Crippen molar-refractivity contribution in [2.75, 3.05) is 13.2 Å². The maximum Gasteiger partial charge on any atom is 0.174 e. The minimum atomic E-state index is 0.0308. The molecule has 4 nitrogen and oxygen atoms in total. The second-order valence-electron chi connectivity index (χ2n) is 6.86. The fourth-order valence-electron chi connectivity index (χ4n) is 4.12. The summed E-state index contributed by atoms with van der Waals surface area (Å²) in [7, 11) is 0. The van der Waals surface area contributed by atoms with E-state index in [1.54, 1.807) is 0 Å². The van der Waals surface area contributed by atoms with Crippen LogP contribution in [0, 0.1) is 18.3 Å². The normalized spacial score (nSPS) is 15.5. The molecule has 4 heteroatoms. The Morgan fingerprint density at radius 1 is 1.15 bits per heavy atom. The second kappa shape index (κ2) is 6.07. The maximum absolute atomic E-state index is 8.95. The molecule has 0 spiro atoms. The van der Waals surface area contributed by atoms with Gasteiger partial charge in [-0.2, -0.15) is 5.26 Å². The monoisotopic (exact) mass is 354 g/mol. The molecule has 1 aliphatic heterocycles. The zero-order chi connectivity index (χ0) is 18.4. The van der Waals surface area contributed by atoms with Crippen molar-refractivity contribution >= 4 is 21.8 Å². The third kappa shape index (κ3) is 2.36. The maximum atomic E-state index is 8.95. The van der Waals surface area contributed by atoms with Crippen molar-refractivity contribution < 1.29 is 9.47 Å². The van der Waals surface area contributed by atoms with Gasteiger partial charge < -0.3 is 14.0 Å². The van der Waals surface area contributed by atoms with E-state index in [0.717, 1.165) is 38.9 Å². The molecule has 0 aliphatic carbocycles. The Labute approximate surface area is 157 Å². The summed E-state index contributed by atoms with van der Waals surface area (Å²) < 4.78 is 14.3. The Morgan fingerprint density at radius 2 is 2.00 bits per heavy atom. The van der Waals surface area contributed by atoms with E-state index in [4.69, 9.17) is 14.7 Å². The minimum Gasteiger partial charge on any atom is -0.489 e. The molecule has 0 amide bonds. The van der Waals surface area contributed by atoms with Gasteiger partial charge in [-0.25, -0.2) is 0 Å². The van der Waals surface area contributed by atoms with Crippen molar-refractivity contribution in [3.63, 3.8) is 0 Å². The van der Waals surface area contributed by atoms with Crippen LogP contribution in [0.15, 0.2) is 60.7 Å². The molecule has 0 fully saturated rings. The molecule has 0 radical (unpaired) electrons. The molecule has 2 heterocycles.